The van der Waals surface area contributed by atoms with Crippen molar-refractivity contribution in [2.75, 3.05) is 18.4 Å². The van der Waals surface area contributed by atoms with Gasteiger partial charge in [0.1, 0.15) is 0 Å². The van der Waals surface area contributed by atoms with Crippen LogP contribution < -0.4 is 10.6 Å². The maximum absolute atomic E-state index is 12.3. The number of aliphatic hydroxyl groups is 1. The minimum atomic E-state index is -0.132. The van der Waals surface area contributed by atoms with Crippen LogP contribution in [0.2, 0.25) is 0 Å². The van der Waals surface area contributed by atoms with Crippen LogP contribution in [0, 0.1) is 5.92 Å². The van der Waals surface area contributed by atoms with E-state index in [-0.39, 0.29) is 17.9 Å². The van der Waals surface area contributed by atoms with Gasteiger partial charge < -0.3 is 15.7 Å². The van der Waals surface area contributed by atoms with Gasteiger partial charge in [0.05, 0.1) is 12.0 Å². The first-order chi connectivity index (χ1) is 9.74. The lowest BCUT2D eigenvalue weighted by Crippen LogP contribution is -2.35. The molecular weight excluding hydrogens is 252 g/mol. The van der Waals surface area contributed by atoms with Crippen molar-refractivity contribution < 1.29 is 9.90 Å². The van der Waals surface area contributed by atoms with Gasteiger partial charge in [-0.05, 0) is 43.2 Å². The molecule has 1 aromatic rings. The fourth-order valence-electron chi connectivity index (χ4n) is 3.23. The topological polar surface area (TPSA) is 61.4 Å². The third-order valence-electron chi connectivity index (χ3n) is 4.53. The molecular formula is C16H22N2O2. The molecule has 2 aliphatic rings. The molecule has 20 heavy (non-hydrogen) atoms. The van der Waals surface area contributed by atoms with E-state index in [0.29, 0.717) is 12.5 Å². The molecule has 4 nitrogen and oxygen atoms in total. The first-order valence-electron chi connectivity index (χ1n) is 7.52. The van der Waals surface area contributed by atoms with Gasteiger partial charge in [-0.2, -0.15) is 0 Å². The minimum Gasteiger partial charge on any atom is -0.393 e. The van der Waals surface area contributed by atoms with Crippen LogP contribution >= 0.6 is 0 Å². The van der Waals surface area contributed by atoms with Crippen molar-refractivity contribution in [1.82, 2.24) is 5.32 Å². The molecule has 3 rings (SSSR count). The summed E-state index contributed by atoms with van der Waals surface area (Å²) in [5.74, 6) is 0.570. The van der Waals surface area contributed by atoms with Crippen molar-refractivity contribution in [1.29, 1.82) is 0 Å². The highest BCUT2D eigenvalue weighted by atomic mass is 16.3. The zero-order valence-electron chi connectivity index (χ0n) is 11.6. The molecule has 0 saturated heterocycles. The minimum absolute atomic E-state index is 0.0691. The van der Waals surface area contributed by atoms with Gasteiger partial charge in [0.15, 0.2) is 0 Å². The normalized spacial score (nSPS) is 28.6. The molecule has 1 saturated carbocycles. The number of aliphatic hydroxyl groups excluding tert-OH is 1. The van der Waals surface area contributed by atoms with Crippen molar-refractivity contribution in [3.8, 4) is 0 Å². The van der Waals surface area contributed by atoms with Gasteiger partial charge in [0.2, 0.25) is 5.91 Å². The molecule has 1 aliphatic heterocycles. The second kappa shape index (κ2) is 5.83. The second-order valence-corrected chi connectivity index (χ2v) is 5.94. The number of carbonyl (C=O) groups excluding carboxylic acids is 1. The summed E-state index contributed by atoms with van der Waals surface area (Å²) in [7, 11) is 0. The summed E-state index contributed by atoms with van der Waals surface area (Å²) in [4.78, 5) is 12.3. The lowest BCUT2D eigenvalue weighted by atomic mass is 9.87. The first kappa shape index (κ1) is 13.4. The third-order valence-corrected chi connectivity index (χ3v) is 4.53. The molecule has 1 heterocycles. The number of anilines is 1. The Morgan fingerprint density at radius 3 is 2.80 bits per heavy atom. The fourth-order valence-corrected chi connectivity index (χ4v) is 3.23. The summed E-state index contributed by atoms with van der Waals surface area (Å²) in [6.07, 6.45) is 3.64. The van der Waals surface area contributed by atoms with Crippen LogP contribution in [-0.4, -0.2) is 30.2 Å². The van der Waals surface area contributed by atoms with Gasteiger partial charge in [0.25, 0.3) is 0 Å². The molecule has 3 N–H and O–H groups in total. The van der Waals surface area contributed by atoms with Crippen LogP contribution in [-0.2, 0) is 4.79 Å². The van der Waals surface area contributed by atoms with Crippen LogP contribution in [0.25, 0.3) is 0 Å². The van der Waals surface area contributed by atoms with Gasteiger partial charge >= 0.3 is 0 Å². The summed E-state index contributed by atoms with van der Waals surface area (Å²) in [6, 6.07) is 8.01. The quantitative estimate of drug-likeness (QED) is 0.788. The predicted molar refractivity (Wildman–Crippen MR) is 78.6 cm³/mol. The SMILES string of the molecule is O=C(NCC1CCC(O)CC1)C1CNc2ccccc21. The number of amides is 1. The molecule has 1 atom stereocenters. The maximum Gasteiger partial charge on any atom is 0.229 e. The maximum atomic E-state index is 12.3. The number of hydrogen-bond donors (Lipinski definition) is 3. The lowest BCUT2D eigenvalue weighted by Gasteiger charge is -2.25. The summed E-state index contributed by atoms with van der Waals surface area (Å²) in [5.41, 5.74) is 2.18. The van der Waals surface area contributed by atoms with E-state index < -0.39 is 0 Å². The van der Waals surface area contributed by atoms with Crippen molar-refractivity contribution >= 4 is 11.6 Å². The van der Waals surface area contributed by atoms with Crippen LogP contribution in [0.5, 0.6) is 0 Å². The van der Waals surface area contributed by atoms with Crippen molar-refractivity contribution in [3.05, 3.63) is 29.8 Å². The van der Waals surface area contributed by atoms with Crippen molar-refractivity contribution in [2.24, 2.45) is 5.92 Å². The van der Waals surface area contributed by atoms with E-state index in [1.54, 1.807) is 0 Å². The van der Waals surface area contributed by atoms with E-state index >= 15 is 0 Å². The molecule has 0 bridgehead atoms. The van der Waals surface area contributed by atoms with Gasteiger partial charge in [-0.15, -0.1) is 0 Å². The number of hydrogen-bond acceptors (Lipinski definition) is 3. The number of benzene rings is 1. The highest BCUT2D eigenvalue weighted by Gasteiger charge is 2.28. The monoisotopic (exact) mass is 274 g/mol. The zero-order chi connectivity index (χ0) is 13.9. The van der Waals surface area contributed by atoms with Gasteiger partial charge in [-0.3, -0.25) is 4.79 Å². The standard InChI is InChI=1S/C16H22N2O2/c19-12-7-5-11(6-8-12)9-18-16(20)14-10-17-15-4-2-1-3-13(14)15/h1-4,11-12,14,17,19H,5-10H2,(H,18,20). The Morgan fingerprint density at radius 2 is 2.00 bits per heavy atom. The summed E-state index contributed by atoms with van der Waals surface area (Å²) >= 11 is 0. The lowest BCUT2D eigenvalue weighted by molar-refractivity contribution is -0.122. The Kier molecular flexibility index (Phi) is 3.92. The number of rotatable bonds is 3. The van der Waals surface area contributed by atoms with Gasteiger partial charge in [0, 0.05) is 18.8 Å². The zero-order valence-corrected chi connectivity index (χ0v) is 11.6. The van der Waals surface area contributed by atoms with E-state index in [2.05, 4.69) is 10.6 Å². The molecule has 1 amide bonds. The fraction of sp³-hybridized carbons (Fsp3) is 0.562. The van der Waals surface area contributed by atoms with Gasteiger partial charge in [-0.1, -0.05) is 18.2 Å². The Labute approximate surface area is 119 Å². The van der Waals surface area contributed by atoms with Gasteiger partial charge in [-0.25, -0.2) is 0 Å². The number of para-hydroxylation sites is 1. The Morgan fingerprint density at radius 1 is 1.25 bits per heavy atom. The molecule has 108 valence electrons. The van der Waals surface area contributed by atoms with Crippen LogP contribution in [0.4, 0.5) is 5.69 Å². The first-order valence-corrected chi connectivity index (χ1v) is 7.52. The third kappa shape index (κ3) is 2.80. The van der Waals surface area contributed by atoms with E-state index in [1.165, 1.54) is 0 Å². The smallest absolute Gasteiger partial charge is 0.229 e. The van der Waals surface area contributed by atoms with Crippen LogP contribution in [0.15, 0.2) is 24.3 Å². The van der Waals surface area contributed by atoms with Crippen molar-refractivity contribution in [2.45, 2.75) is 37.7 Å². The summed E-state index contributed by atoms with van der Waals surface area (Å²) < 4.78 is 0. The molecule has 1 fully saturated rings. The van der Waals surface area contributed by atoms with E-state index in [0.717, 1.165) is 43.5 Å². The van der Waals surface area contributed by atoms with Crippen LogP contribution in [0.3, 0.4) is 0 Å². The summed E-state index contributed by atoms with van der Waals surface area (Å²) in [6.45, 7) is 1.43. The summed E-state index contributed by atoms with van der Waals surface area (Å²) in [5, 5.41) is 15.9. The molecule has 1 aliphatic carbocycles. The molecule has 4 heteroatoms. The Balaban J connectivity index is 1.53. The predicted octanol–water partition coefficient (Wildman–Crippen LogP) is 1.86. The Hall–Kier alpha value is -1.55. The van der Waals surface area contributed by atoms with E-state index in [1.807, 2.05) is 24.3 Å². The van der Waals surface area contributed by atoms with Crippen LogP contribution in [0.1, 0.15) is 37.2 Å². The average Bonchev–Trinajstić information content (AvgIpc) is 2.90. The number of fused-ring (bicyclic) bond motifs is 1. The van der Waals surface area contributed by atoms with E-state index in [4.69, 9.17) is 0 Å². The number of nitrogens with one attached hydrogen (secondary N) is 2. The second-order valence-electron chi connectivity index (χ2n) is 5.94. The molecule has 0 spiro atoms. The highest BCUT2D eigenvalue weighted by Crippen LogP contribution is 2.31. The molecule has 1 aromatic carbocycles. The largest absolute Gasteiger partial charge is 0.393 e. The average molecular weight is 274 g/mol. The molecule has 0 aromatic heterocycles. The molecule has 0 radical (unpaired) electrons. The number of carbonyl (C=O) groups is 1. The molecule has 1 unspecified atom stereocenters. The Bertz CT molecular complexity index is 481. The van der Waals surface area contributed by atoms with Crippen molar-refractivity contribution in [3.63, 3.8) is 0 Å². The van der Waals surface area contributed by atoms with E-state index in [9.17, 15) is 9.90 Å². The highest BCUT2D eigenvalue weighted by molar-refractivity contribution is 5.88.